The Bertz CT molecular complexity index is 701. The Balaban J connectivity index is 1.89. The fraction of sp³-hybridized carbons (Fsp3) is 0.400. The molecule has 6 heteroatoms. The molecule has 0 aliphatic carbocycles. The van der Waals surface area contributed by atoms with E-state index in [1.165, 1.54) is 0 Å². The molecule has 0 aliphatic heterocycles. The molecule has 1 aromatic carbocycles. The number of rotatable bonds is 8. The maximum Gasteiger partial charge on any atom is 0.194 e. The van der Waals surface area contributed by atoms with Crippen molar-refractivity contribution in [3.63, 3.8) is 0 Å². The number of ether oxygens (including phenoxy) is 2. The van der Waals surface area contributed by atoms with Gasteiger partial charge in [-0.05, 0) is 49.7 Å². The van der Waals surface area contributed by atoms with Gasteiger partial charge in [0, 0.05) is 19.8 Å². The van der Waals surface area contributed by atoms with Gasteiger partial charge in [0.15, 0.2) is 5.96 Å². The van der Waals surface area contributed by atoms with E-state index in [4.69, 9.17) is 9.47 Å². The maximum absolute atomic E-state index is 5.79. The lowest BCUT2D eigenvalue weighted by Gasteiger charge is -2.22. The average molecular weight is 356 g/mol. The number of benzene rings is 1. The van der Waals surface area contributed by atoms with Crippen LogP contribution in [0.2, 0.25) is 0 Å². The summed E-state index contributed by atoms with van der Waals surface area (Å²) in [6.45, 7) is 6.76. The van der Waals surface area contributed by atoms with Crippen molar-refractivity contribution < 1.29 is 9.47 Å². The van der Waals surface area contributed by atoms with Crippen LogP contribution in [-0.4, -0.2) is 49.7 Å². The Labute approximate surface area is 155 Å². The molecule has 1 heterocycles. The topological polar surface area (TPSA) is 59.0 Å². The number of aryl methyl sites for hydroxylation is 1. The van der Waals surface area contributed by atoms with E-state index in [0.717, 1.165) is 41.8 Å². The van der Waals surface area contributed by atoms with E-state index in [-0.39, 0.29) is 0 Å². The van der Waals surface area contributed by atoms with Gasteiger partial charge in [0.25, 0.3) is 0 Å². The molecule has 2 rings (SSSR count). The van der Waals surface area contributed by atoms with Crippen molar-refractivity contribution in [3.05, 3.63) is 53.9 Å². The zero-order chi connectivity index (χ0) is 18.8. The first kappa shape index (κ1) is 19.6. The van der Waals surface area contributed by atoms with Crippen molar-refractivity contribution in [1.82, 2.24) is 15.2 Å². The number of guanidine groups is 1. The second kappa shape index (κ2) is 10.3. The summed E-state index contributed by atoms with van der Waals surface area (Å²) in [6, 6.07) is 11.6. The predicted molar refractivity (Wildman–Crippen MR) is 105 cm³/mol. The molecule has 0 bridgehead atoms. The molecule has 6 nitrogen and oxygen atoms in total. The van der Waals surface area contributed by atoms with E-state index >= 15 is 0 Å². The summed E-state index contributed by atoms with van der Waals surface area (Å²) >= 11 is 0. The van der Waals surface area contributed by atoms with E-state index < -0.39 is 0 Å². The minimum atomic E-state index is 0.554. The molecule has 0 atom stereocenters. The Morgan fingerprint density at radius 1 is 1.19 bits per heavy atom. The molecule has 0 spiro atoms. The second-order valence-corrected chi connectivity index (χ2v) is 5.88. The Morgan fingerprint density at radius 3 is 2.58 bits per heavy atom. The van der Waals surface area contributed by atoms with Crippen LogP contribution in [0.1, 0.15) is 18.2 Å². The summed E-state index contributed by atoms with van der Waals surface area (Å²) in [7, 11) is 3.66. The van der Waals surface area contributed by atoms with Crippen molar-refractivity contribution in [2.75, 3.05) is 33.9 Å². The Morgan fingerprint density at radius 2 is 1.92 bits per heavy atom. The molecule has 0 unspecified atom stereocenters. The van der Waals surface area contributed by atoms with E-state index in [0.29, 0.717) is 13.2 Å². The zero-order valence-corrected chi connectivity index (χ0v) is 16.0. The summed E-state index contributed by atoms with van der Waals surface area (Å²) in [4.78, 5) is 11.1. The molecule has 0 amide bonds. The van der Waals surface area contributed by atoms with Gasteiger partial charge in [0.05, 0.1) is 25.9 Å². The minimum Gasteiger partial charge on any atom is -0.497 e. The number of pyridine rings is 1. The number of likely N-dealkylation sites (N-methyl/N-ethyl adjacent to an activating group) is 1. The van der Waals surface area contributed by atoms with Crippen molar-refractivity contribution in [3.8, 4) is 11.5 Å². The highest BCUT2D eigenvalue weighted by Gasteiger charge is 2.07. The van der Waals surface area contributed by atoms with Gasteiger partial charge >= 0.3 is 0 Å². The molecular weight excluding hydrogens is 328 g/mol. The summed E-state index contributed by atoms with van der Waals surface area (Å²) in [5, 5.41) is 3.31. The van der Waals surface area contributed by atoms with E-state index in [1.54, 1.807) is 13.3 Å². The summed E-state index contributed by atoms with van der Waals surface area (Å²) < 4.78 is 10.9. The number of methoxy groups -OCH3 is 1. The molecule has 0 radical (unpaired) electrons. The molecule has 0 aliphatic rings. The normalized spacial score (nSPS) is 11.2. The fourth-order valence-electron chi connectivity index (χ4n) is 2.38. The molecular formula is C20H28N4O2. The molecule has 26 heavy (non-hydrogen) atoms. The third-order valence-corrected chi connectivity index (χ3v) is 3.95. The summed E-state index contributed by atoms with van der Waals surface area (Å²) in [5.41, 5.74) is 2.14. The summed E-state index contributed by atoms with van der Waals surface area (Å²) in [6.07, 6.45) is 1.80. The fourth-order valence-corrected chi connectivity index (χ4v) is 2.38. The van der Waals surface area contributed by atoms with Gasteiger partial charge in [-0.1, -0.05) is 6.07 Å². The molecule has 0 fully saturated rings. The third kappa shape index (κ3) is 5.95. The molecule has 1 N–H and O–H groups in total. The summed E-state index contributed by atoms with van der Waals surface area (Å²) in [5.74, 6) is 2.49. The van der Waals surface area contributed by atoms with Crippen molar-refractivity contribution >= 4 is 5.96 Å². The molecule has 0 saturated carbocycles. The standard InChI is InChI=1S/C20H28N4O2/c1-5-21-20(23-15-19-16(2)7-6-12-22-19)24(3)13-14-26-18-10-8-17(25-4)9-11-18/h6-12H,5,13-15H2,1-4H3,(H,21,23). The minimum absolute atomic E-state index is 0.554. The monoisotopic (exact) mass is 356 g/mol. The Kier molecular flexibility index (Phi) is 7.74. The Hall–Kier alpha value is -2.76. The number of hydrogen-bond acceptors (Lipinski definition) is 4. The number of hydrogen-bond donors (Lipinski definition) is 1. The van der Waals surface area contributed by atoms with Crippen molar-refractivity contribution in [1.29, 1.82) is 0 Å². The van der Waals surface area contributed by atoms with Gasteiger partial charge < -0.3 is 19.7 Å². The van der Waals surface area contributed by atoms with E-state index in [9.17, 15) is 0 Å². The number of nitrogens with one attached hydrogen (secondary N) is 1. The van der Waals surface area contributed by atoms with Crippen molar-refractivity contribution in [2.45, 2.75) is 20.4 Å². The van der Waals surface area contributed by atoms with Gasteiger partial charge in [-0.2, -0.15) is 0 Å². The van der Waals surface area contributed by atoms with Crippen LogP contribution in [0.25, 0.3) is 0 Å². The smallest absolute Gasteiger partial charge is 0.194 e. The van der Waals surface area contributed by atoms with Gasteiger partial charge in [-0.15, -0.1) is 0 Å². The zero-order valence-electron chi connectivity index (χ0n) is 16.0. The SMILES string of the molecule is CCNC(=NCc1ncccc1C)N(C)CCOc1ccc(OC)cc1. The van der Waals surface area contributed by atoms with Crippen LogP contribution in [0.3, 0.4) is 0 Å². The van der Waals surface area contributed by atoms with Crippen LogP contribution in [0, 0.1) is 6.92 Å². The van der Waals surface area contributed by atoms with Crippen LogP contribution < -0.4 is 14.8 Å². The lowest BCUT2D eigenvalue weighted by Crippen LogP contribution is -2.40. The highest BCUT2D eigenvalue weighted by Crippen LogP contribution is 2.16. The second-order valence-electron chi connectivity index (χ2n) is 5.88. The van der Waals surface area contributed by atoms with Crippen LogP contribution in [0.4, 0.5) is 0 Å². The molecule has 0 saturated heterocycles. The molecule has 140 valence electrons. The van der Waals surface area contributed by atoms with Gasteiger partial charge in [0.1, 0.15) is 18.1 Å². The predicted octanol–water partition coefficient (Wildman–Crippen LogP) is 2.87. The maximum atomic E-state index is 5.79. The lowest BCUT2D eigenvalue weighted by atomic mass is 10.2. The highest BCUT2D eigenvalue weighted by atomic mass is 16.5. The van der Waals surface area contributed by atoms with Crippen molar-refractivity contribution in [2.24, 2.45) is 4.99 Å². The number of aliphatic imine (C=N–C) groups is 1. The quantitative estimate of drug-likeness (QED) is 0.582. The van der Waals surface area contributed by atoms with Crippen LogP contribution in [-0.2, 0) is 6.54 Å². The average Bonchev–Trinajstić information content (AvgIpc) is 2.66. The first-order valence-electron chi connectivity index (χ1n) is 8.80. The molecule has 1 aromatic heterocycles. The van der Waals surface area contributed by atoms with Gasteiger partial charge in [0.2, 0.25) is 0 Å². The molecule has 2 aromatic rings. The van der Waals surface area contributed by atoms with Gasteiger partial charge in [-0.3, -0.25) is 4.98 Å². The van der Waals surface area contributed by atoms with Crippen LogP contribution >= 0.6 is 0 Å². The first-order chi connectivity index (χ1) is 12.6. The lowest BCUT2D eigenvalue weighted by molar-refractivity contribution is 0.281. The van der Waals surface area contributed by atoms with Crippen LogP contribution in [0.5, 0.6) is 11.5 Å². The highest BCUT2D eigenvalue weighted by molar-refractivity contribution is 5.79. The van der Waals surface area contributed by atoms with Crippen LogP contribution in [0.15, 0.2) is 47.6 Å². The number of aromatic nitrogens is 1. The largest absolute Gasteiger partial charge is 0.497 e. The van der Waals surface area contributed by atoms with Gasteiger partial charge in [-0.25, -0.2) is 4.99 Å². The van der Waals surface area contributed by atoms with E-state index in [1.807, 2.05) is 37.4 Å². The third-order valence-electron chi connectivity index (χ3n) is 3.95. The first-order valence-corrected chi connectivity index (χ1v) is 8.80. The number of nitrogens with zero attached hydrogens (tertiary/aromatic N) is 3. The van der Waals surface area contributed by atoms with E-state index in [2.05, 4.69) is 40.1 Å².